The van der Waals surface area contributed by atoms with Crippen molar-refractivity contribution in [2.45, 2.75) is 19.3 Å². The number of aromatic amines is 1. The number of likely N-dealkylation sites (N-methyl/N-ethyl adjacent to an activating group) is 1. The molecule has 0 aliphatic carbocycles. The van der Waals surface area contributed by atoms with Crippen molar-refractivity contribution in [1.82, 2.24) is 14.8 Å². The van der Waals surface area contributed by atoms with E-state index < -0.39 is 0 Å². The number of nitrogens with zero attached hydrogens (tertiary/aromatic N) is 2. The average Bonchev–Trinajstić information content (AvgIpc) is 2.93. The number of piperazine rings is 1. The second-order valence-electron chi connectivity index (χ2n) is 5.15. The summed E-state index contributed by atoms with van der Waals surface area (Å²) in [7, 11) is 0. The smallest absolute Gasteiger partial charge is 0.0110 e. The van der Waals surface area contributed by atoms with Crippen LogP contribution in [0.15, 0.2) is 18.5 Å². The van der Waals surface area contributed by atoms with Crippen molar-refractivity contribution >= 4 is 0 Å². The van der Waals surface area contributed by atoms with Crippen LogP contribution >= 0.6 is 0 Å². The Balaban J connectivity index is 1.86. The van der Waals surface area contributed by atoms with Crippen LogP contribution < -0.4 is 5.73 Å². The number of hydrogen-bond acceptors (Lipinski definition) is 3. The van der Waals surface area contributed by atoms with Crippen molar-refractivity contribution < 1.29 is 0 Å². The number of aromatic nitrogens is 1. The Bertz CT molecular complexity index is 315. The zero-order valence-corrected chi connectivity index (χ0v) is 11.4. The number of nitrogens with two attached hydrogens (primary N) is 1. The molecule has 0 radical (unpaired) electrons. The first-order valence-corrected chi connectivity index (χ1v) is 7.11. The zero-order valence-electron chi connectivity index (χ0n) is 11.4. The van der Waals surface area contributed by atoms with Gasteiger partial charge in [0, 0.05) is 45.1 Å². The van der Waals surface area contributed by atoms with E-state index in [2.05, 4.69) is 34.0 Å². The summed E-state index contributed by atoms with van der Waals surface area (Å²) >= 11 is 0. The van der Waals surface area contributed by atoms with Crippen LogP contribution in [0, 0.1) is 0 Å². The molecule has 1 aromatic rings. The van der Waals surface area contributed by atoms with Crippen LogP contribution in [0.3, 0.4) is 0 Å². The summed E-state index contributed by atoms with van der Waals surface area (Å²) < 4.78 is 0. The summed E-state index contributed by atoms with van der Waals surface area (Å²) in [5.74, 6) is 0.578. The van der Waals surface area contributed by atoms with Crippen molar-refractivity contribution in [2.75, 3.05) is 45.8 Å². The van der Waals surface area contributed by atoms with Crippen LogP contribution in [0.4, 0.5) is 0 Å². The van der Waals surface area contributed by atoms with Gasteiger partial charge in [-0.25, -0.2) is 0 Å². The minimum absolute atomic E-state index is 0.578. The van der Waals surface area contributed by atoms with Gasteiger partial charge in [0.05, 0.1) is 0 Å². The van der Waals surface area contributed by atoms with Crippen molar-refractivity contribution in [2.24, 2.45) is 5.73 Å². The van der Waals surface area contributed by atoms with Crippen molar-refractivity contribution in [3.05, 3.63) is 24.0 Å². The van der Waals surface area contributed by atoms with Crippen LogP contribution in [0.25, 0.3) is 0 Å². The summed E-state index contributed by atoms with van der Waals surface area (Å²) in [6, 6.07) is 2.18. The summed E-state index contributed by atoms with van der Waals surface area (Å²) in [6.45, 7) is 10.1. The maximum Gasteiger partial charge on any atom is 0.0110 e. The maximum absolute atomic E-state index is 5.75. The lowest BCUT2D eigenvalue weighted by Crippen LogP contribution is -2.47. The lowest BCUT2D eigenvalue weighted by molar-refractivity contribution is 0.130. The van der Waals surface area contributed by atoms with Gasteiger partial charge in [0.25, 0.3) is 0 Å². The third kappa shape index (κ3) is 3.57. The number of rotatable bonds is 6. The van der Waals surface area contributed by atoms with Crippen LogP contribution in [-0.4, -0.2) is 60.6 Å². The zero-order chi connectivity index (χ0) is 12.8. The van der Waals surface area contributed by atoms with Gasteiger partial charge in [-0.1, -0.05) is 6.92 Å². The highest BCUT2D eigenvalue weighted by Gasteiger charge is 2.20. The molecule has 1 aliphatic rings. The van der Waals surface area contributed by atoms with Gasteiger partial charge in [-0.15, -0.1) is 0 Å². The Morgan fingerprint density at radius 1 is 1.28 bits per heavy atom. The topological polar surface area (TPSA) is 48.3 Å². The molecule has 1 aromatic heterocycles. The predicted molar refractivity (Wildman–Crippen MR) is 75.8 cm³/mol. The Labute approximate surface area is 110 Å². The molecule has 3 N–H and O–H groups in total. The summed E-state index contributed by atoms with van der Waals surface area (Å²) in [6.07, 6.45) is 5.20. The highest BCUT2D eigenvalue weighted by molar-refractivity contribution is 5.15. The van der Waals surface area contributed by atoms with Gasteiger partial charge in [0.2, 0.25) is 0 Å². The molecule has 0 saturated carbocycles. The Kier molecular flexibility index (Phi) is 5.23. The quantitative estimate of drug-likeness (QED) is 0.794. The van der Waals surface area contributed by atoms with Gasteiger partial charge in [0.15, 0.2) is 0 Å². The predicted octanol–water partition coefficient (Wildman–Crippen LogP) is 1.08. The van der Waals surface area contributed by atoms with Crippen LogP contribution in [0.1, 0.15) is 24.8 Å². The lowest BCUT2D eigenvalue weighted by atomic mass is 9.97. The van der Waals surface area contributed by atoms with E-state index in [0.717, 1.165) is 19.5 Å². The van der Waals surface area contributed by atoms with E-state index >= 15 is 0 Å². The fourth-order valence-corrected chi connectivity index (χ4v) is 2.76. The van der Waals surface area contributed by atoms with Crippen LogP contribution in [0.5, 0.6) is 0 Å². The lowest BCUT2D eigenvalue weighted by Gasteiger charge is -2.35. The summed E-state index contributed by atoms with van der Waals surface area (Å²) in [5, 5.41) is 0. The second kappa shape index (κ2) is 6.92. The first kappa shape index (κ1) is 13.6. The van der Waals surface area contributed by atoms with Crippen molar-refractivity contribution in [3.63, 3.8) is 0 Å². The molecule has 4 nitrogen and oxygen atoms in total. The highest BCUT2D eigenvalue weighted by atomic mass is 15.3. The Hall–Kier alpha value is -0.840. The minimum atomic E-state index is 0.578. The van der Waals surface area contributed by atoms with E-state index in [4.69, 9.17) is 5.73 Å². The molecule has 102 valence electrons. The Morgan fingerprint density at radius 3 is 2.56 bits per heavy atom. The normalized spacial score (nSPS) is 20.1. The fraction of sp³-hybridized carbons (Fsp3) is 0.714. The van der Waals surface area contributed by atoms with E-state index in [9.17, 15) is 0 Å². The summed E-state index contributed by atoms with van der Waals surface area (Å²) in [5.41, 5.74) is 7.15. The largest absolute Gasteiger partial charge is 0.367 e. The van der Waals surface area contributed by atoms with E-state index in [0.29, 0.717) is 5.92 Å². The van der Waals surface area contributed by atoms with Crippen LogP contribution in [0.2, 0.25) is 0 Å². The average molecular weight is 250 g/mol. The van der Waals surface area contributed by atoms with Gasteiger partial charge < -0.3 is 20.5 Å². The molecule has 0 bridgehead atoms. The van der Waals surface area contributed by atoms with Crippen molar-refractivity contribution in [3.8, 4) is 0 Å². The second-order valence-corrected chi connectivity index (χ2v) is 5.15. The Morgan fingerprint density at radius 2 is 2.00 bits per heavy atom. The SMILES string of the molecule is CCN1CCN(CC(CCN)c2cc[nH]c2)CC1. The molecule has 2 rings (SSSR count). The first-order valence-electron chi connectivity index (χ1n) is 7.11. The number of H-pyrrole nitrogens is 1. The maximum atomic E-state index is 5.75. The molecular weight excluding hydrogens is 224 g/mol. The number of nitrogens with one attached hydrogen (secondary N) is 1. The molecule has 0 amide bonds. The molecule has 1 fully saturated rings. The third-order valence-corrected chi connectivity index (χ3v) is 4.00. The fourth-order valence-electron chi connectivity index (χ4n) is 2.76. The molecule has 1 atom stereocenters. The first-order chi connectivity index (χ1) is 8.83. The van der Waals surface area contributed by atoms with Gasteiger partial charge in [-0.05, 0) is 37.1 Å². The van der Waals surface area contributed by atoms with E-state index in [1.54, 1.807) is 0 Å². The van der Waals surface area contributed by atoms with Crippen LogP contribution in [-0.2, 0) is 0 Å². The van der Waals surface area contributed by atoms with Gasteiger partial charge in [-0.3, -0.25) is 0 Å². The molecule has 1 saturated heterocycles. The molecule has 1 aliphatic heterocycles. The van der Waals surface area contributed by atoms with E-state index in [1.807, 2.05) is 6.20 Å². The van der Waals surface area contributed by atoms with Gasteiger partial charge >= 0.3 is 0 Å². The van der Waals surface area contributed by atoms with E-state index in [1.165, 1.54) is 38.3 Å². The van der Waals surface area contributed by atoms with Gasteiger partial charge in [-0.2, -0.15) is 0 Å². The highest BCUT2D eigenvalue weighted by Crippen LogP contribution is 2.20. The molecule has 18 heavy (non-hydrogen) atoms. The molecule has 2 heterocycles. The molecular formula is C14H26N4. The summed E-state index contributed by atoms with van der Waals surface area (Å²) in [4.78, 5) is 8.26. The molecule has 4 heteroatoms. The minimum Gasteiger partial charge on any atom is -0.367 e. The van der Waals surface area contributed by atoms with Crippen molar-refractivity contribution in [1.29, 1.82) is 0 Å². The monoisotopic (exact) mass is 250 g/mol. The third-order valence-electron chi connectivity index (χ3n) is 4.00. The van der Waals surface area contributed by atoms with E-state index in [-0.39, 0.29) is 0 Å². The molecule has 1 unspecified atom stereocenters. The number of hydrogen-bond donors (Lipinski definition) is 2. The molecule has 0 aromatic carbocycles. The standard InChI is InChI=1S/C14H26N4/c1-2-17-7-9-18(10-8-17)12-14(3-5-15)13-4-6-16-11-13/h4,6,11,14,16H,2-3,5,7-10,12,15H2,1H3. The van der Waals surface area contributed by atoms with Gasteiger partial charge in [0.1, 0.15) is 0 Å². The molecule has 0 spiro atoms.